The minimum Gasteiger partial charge on any atom is -0.291 e. The van der Waals surface area contributed by atoms with Crippen molar-refractivity contribution in [2.75, 3.05) is 13.4 Å². The summed E-state index contributed by atoms with van der Waals surface area (Å²) in [6.45, 7) is 2.90. The van der Waals surface area contributed by atoms with Gasteiger partial charge in [0.1, 0.15) is 11.2 Å². The zero-order valence-corrected chi connectivity index (χ0v) is 12.7. The van der Waals surface area contributed by atoms with E-state index in [9.17, 15) is 18.0 Å². The van der Waals surface area contributed by atoms with Crippen LogP contribution in [0.15, 0.2) is 21.9 Å². The van der Waals surface area contributed by atoms with Crippen molar-refractivity contribution >= 4 is 21.3 Å². The highest BCUT2D eigenvalue weighted by molar-refractivity contribution is 7.85. The molecule has 1 aliphatic rings. The Balaban J connectivity index is 0.000000232. The summed E-state index contributed by atoms with van der Waals surface area (Å²) < 4.78 is 26.7. The lowest BCUT2D eigenvalue weighted by molar-refractivity contribution is 0.403. The van der Waals surface area contributed by atoms with Gasteiger partial charge in [-0.25, -0.2) is 4.98 Å². The van der Waals surface area contributed by atoms with Crippen LogP contribution in [0.2, 0.25) is 0 Å². The molecule has 0 aromatic carbocycles. The number of aromatic nitrogens is 3. The van der Waals surface area contributed by atoms with E-state index in [1.165, 1.54) is 6.20 Å². The van der Waals surface area contributed by atoms with Crippen LogP contribution in [0.3, 0.4) is 0 Å². The van der Waals surface area contributed by atoms with Crippen molar-refractivity contribution in [3.05, 3.63) is 38.5 Å². The molecule has 2 aromatic heterocycles. The molecule has 0 spiro atoms. The molecule has 3 heterocycles. The van der Waals surface area contributed by atoms with Gasteiger partial charge in [0.15, 0.2) is 0 Å². The van der Waals surface area contributed by atoms with Crippen molar-refractivity contribution in [2.24, 2.45) is 0 Å². The molecule has 114 valence electrons. The highest BCUT2D eigenvalue weighted by atomic mass is 32.2. The molecule has 2 aromatic rings. The maximum atomic E-state index is 11.8. The van der Waals surface area contributed by atoms with Gasteiger partial charge in [0.25, 0.3) is 21.2 Å². The Morgan fingerprint density at radius 2 is 1.81 bits per heavy atom. The molecule has 9 heteroatoms. The molecule has 0 N–H and O–H groups in total. The molecule has 8 nitrogen and oxygen atoms in total. The van der Waals surface area contributed by atoms with Gasteiger partial charge in [-0.15, -0.1) is 0 Å². The van der Waals surface area contributed by atoms with E-state index >= 15 is 0 Å². The number of rotatable bonds is 1. The fourth-order valence-corrected chi connectivity index (χ4v) is 2.08. The average Bonchev–Trinajstić information content (AvgIpc) is 2.86. The van der Waals surface area contributed by atoms with Gasteiger partial charge < -0.3 is 0 Å². The van der Waals surface area contributed by atoms with E-state index in [1.807, 2.05) is 0 Å². The van der Waals surface area contributed by atoms with Crippen LogP contribution < -0.4 is 11.1 Å². The van der Waals surface area contributed by atoms with Crippen LogP contribution in [0.5, 0.6) is 0 Å². The molecule has 0 amide bonds. The summed E-state index contributed by atoms with van der Waals surface area (Å²) in [6, 6.07) is 1.73. The second-order valence-corrected chi connectivity index (χ2v) is 6.35. The number of hydrogen-bond acceptors (Lipinski definition) is 6. The van der Waals surface area contributed by atoms with E-state index in [0.717, 1.165) is 13.4 Å². The van der Waals surface area contributed by atoms with Crippen molar-refractivity contribution in [2.45, 2.75) is 20.0 Å². The van der Waals surface area contributed by atoms with Crippen LogP contribution in [0.4, 0.5) is 0 Å². The van der Waals surface area contributed by atoms with Crippen molar-refractivity contribution in [1.29, 1.82) is 0 Å². The topological polar surface area (TPSA) is 100 Å². The summed E-state index contributed by atoms with van der Waals surface area (Å²) in [5.41, 5.74) is 1.86. The summed E-state index contributed by atoms with van der Waals surface area (Å²) >= 11 is 0. The quantitative estimate of drug-likeness (QED) is 0.656. The maximum Gasteiger partial charge on any atom is 0.270 e. The minimum absolute atomic E-state index is 0.0267. The molecule has 0 saturated carbocycles. The van der Waals surface area contributed by atoms with Gasteiger partial charge in [-0.05, 0) is 13.0 Å². The molecule has 0 saturated heterocycles. The normalized spacial score (nSPS) is 13.1. The predicted octanol–water partition coefficient (Wildman–Crippen LogP) is -0.527. The van der Waals surface area contributed by atoms with Gasteiger partial charge >= 0.3 is 0 Å². The van der Waals surface area contributed by atoms with Gasteiger partial charge in [0, 0.05) is 18.7 Å². The lowest BCUT2D eigenvalue weighted by Gasteiger charge is -2.03. The largest absolute Gasteiger partial charge is 0.291 e. The number of nitrogens with zero attached hydrogens (tertiary/aromatic N) is 3. The Kier molecular flexibility index (Phi) is 3.97. The van der Waals surface area contributed by atoms with Crippen LogP contribution in [-0.4, -0.2) is 35.9 Å². The third-order valence-electron chi connectivity index (χ3n) is 3.11. The average molecular weight is 313 g/mol. The fourth-order valence-electron chi connectivity index (χ4n) is 2.08. The van der Waals surface area contributed by atoms with E-state index in [0.29, 0.717) is 29.8 Å². The summed E-state index contributed by atoms with van der Waals surface area (Å²) in [5, 5.41) is 0. The van der Waals surface area contributed by atoms with Gasteiger partial charge in [-0.3, -0.25) is 22.9 Å². The molecule has 0 radical (unpaired) electrons. The molecule has 0 fully saturated rings. The van der Waals surface area contributed by atoms with E-state index in [2.05, 4.69) is 9.17 Å². The lowest BCUT2D eigenvalue weighted by atomic mass is 10.3. The van der Waals surface area contributed by atoms with Crippen LogP contribution >= 0.6 is 0 Å². The molecule has 3 rings (SSSR count). The maximum absolute atomic E-state index is 11.8. The summed E-state index contributed by atoms with van der Waals surface area (Å²) in [6.07, 6.45) is 2.30. The zero-order chi connectivity index (χ0) is 15.8. The lowest BCUT2D eigenvalue weighted by Crippen LogP contribution is -2.22. The molecule has 0 aliphatic carbocycles. The first kappa shape index (κ1) is 15.4. The highest BCUT2D eigenvalue weighted by Gasteiger charge is 2.17. The first-order valence-corrected chi connectivity index (χ1v) is 7.92. The third kappa shape index (κ3) is 3.03. The molecule has 0 bridgehead atoms. The fraction of sp³-hybridized carbons (Fsp3) is 0.417. The third-order valence-corrected chi connectivity index (χ3v) is 3.71. The van der Waals surface area contributed by atoms with E-state index in [4.69, 9.17) is 0 Å². The monoisotopic (exact) mass is 313 g/mol. The highest BCUT2D eigenvalue weighted by Crippen LogP contribution is 2.13. The summed E-state index contributed by atoms with van der Waals surface area (Å²) in [5.74, 6) is 0. The van der Waals surface area contributed by atoms with Gasteiger partial charge in [0.05, 0.1) is 19.6 Å². The second-order valence-electron chi connectivity index (χ2n) is 4.61. The summed E-state index contributed by atoms with van der Waals surface area (Å²) in [4.78, 5) is 27.3. The number of pyridine rings is 1. The Hall–Kier alpha value is -2.00. The Morgan fingerprint density at radius 1 is 1.24 bits per heavy atom. The SMILES string of the molecule is COS(C)(=O)=O.Cc1cc2ncc(=O)n3c2n(c1=O)CC3. The van der Waals surface area contributed by atoms with Crippen LogP contribution in [0.25, 0.3) is 11.2 Å². The molecular weight excluding hydrogens is 298 g/mol. The minimum atomic E-state index is -3.16. The summed E-state index contributed by atoms with van der Waals surface area (Å²) in [7, 11) is -2.04. The predicted molar refractivity (Wildman–Crippen MR) is 76.9 cm³/mol. The van der Waals surface area contributed by atoms with Gasteiger partial charge in [-0.1, -0.05) is 0 Å². The van der Waals surface area contributed by atoms with E-state index < -0.39 is 10.1 Å². The van der Waals surface area contributed by atoms with Crippen LogP contribution in [0.1, 0.15) is 5.56 Å². The van der Waals surface area contributed by atoms with Gasteiger partial charge in [0.2, 0.25) is 0 Å². The standard InChI is InChI=1S/C10H9N3O2.C2H6O3S/c1-6-4-7-9-12(8(14)5-11-7)2-3-13(9)10(6)15;1-5-6(2,3)4/h4-5H,2-3H2,1H3;1-2H3. The Morgan fingerprint density at radius 3 is 2.38 bits per heavy atom. The molecule has 1 aliphatic heterocycles. The van der Waals surface area contributed by atoms with E-state index in [-0.39, 0.29) is 11.1 Å². The second kappa shape index (κ2) is 5.41. The molecule has 0 unspecified atom stereocenters. The van der Waals surface area contributed by atoms with Crippen LogP contribution in [-0.2, 0) is 27.4 Å². The van der Waals surface area contributed by atoms with Crippen molar-refractivity contribution in [1.82, 2.24) is 14.1 Å². The first-order chi connectivity index (χ1) is 9.74. The van der Waals surface area contributed by atoms with E-state index in [1.54, 1.807) is 22.1 Å². The first-order valence-electron chi connectivity index (χ1n) is 6.10. The molecular formula is C12H15N3O5S. The number of hydrogen-bond donors (Lipinski definition) is 0. The van der Waals surface area contributed by atoms with Crippen molar-refractivity contribution < 1.29 is 12.6 Å². The zero-order valence-electron chi connectivity index (χ0n) is 11.9. The Labute approximate surface area is 120 Å². The number of aryl methyl sites for hydroxylation is 3. The Bertz CT molecular complexity index is 911. The van der Waals surface area contributed by atoms with Crippen molar-refractivity contribution in [3.63, 3.8) is 0 Å². The van der Waals surface area contributed by atoms with Crippen LogP contribution in [0, 0.1) is 6.92 Å². The smallest absolute Gasteiger partial charge is 0.270 e. The molecule has 0 atom stereocenters. The van der Waals surface area contributed by atoms with Gasteiger partial charge in [-0.2, -0.15) is 8.42 Å². The van der Waals surface area contributed by atoms with Crippen molar-refractivity contribution in [3.8, 4) is 0 Å². The molecule has 21 heavy (non-hydrogen) atoms.